The van der Waals surface area contributed by atoms with Crippen LogP contribution in [0.5, 0.6) is 5.75 Å². The van der Waals surface area contributed by atoms with E-state index in [1.54, 1.807) is 7.11 Å². The summed E-state index contributed by atoms with van der Waals surface area (Å²) >= 11 is 0. The first kappa shape index (κ1) is 9.42. The lowest BCUT2D eigenvalue weighted by atomic mass is 10.1. The molecule has 2 aromatic rings. The number of nitrogens with zero attached hydrogens (tertiary/aromatic N) is 1. The molecule has 3 rings (SSSR count). The topological polar surface area (TPSA) is 47.3 Å². The summed E-state index contributed by atoms with van der Waals surface area (Å²) in [6, 6.07) is 7.82. The maximum atomic E-state index is 5.38. The number of hydrogen-bond donors (Lipinski definition) is 1. The van der Waals surface area contributed by atoms with Gasteiger partial charge in [-0.05, 0) is 12.1 Å². The molecule has 0 unspecified atom stereocenters. The van der Waals surface area contributed by atoms with Gasteiger partial charge in [0.2, 0.25) is 0 Å². The van der Waals surface area contributed by atoms with E-state index in [-0.39, 0.29) is 0 Å². The number of fused-ring (bicyclic) bond motifs is 1. The molecular weight excluding hydrogens is 204 g/mol. The van der Waals surface area contributed by atoms with E-state index in [1.165, 1.54) is 0 Å². The van der Waals surface area contributed by atoms with E-state index in [2.05, 4.69) is 10.5 Å². The second kappa shape index (κ2) is 3.64. The van der Waals surface area contributed by atoms with Crippen LogP contribution in [0, 0.1) is 0 Å². The van der Waals surface area contributed by atoms with Crippen LogP contribution in [0.1, 0.15) is 11.3 Å². The van der Waals surface area contributed by atoms with Gasteiger partial charge < -0.3 is 14.6 Å². The van der Waals surface area contributed by atoms with Gasteiger partial charge in [-0.1, -0.05) is 17.3 Å². The van der Waals surface area contributed by atoms with Crippen molar-refractivity contribution < 1.29 is 9.26 Å². The Hall–Kier alpha value is -1.81. The molecule has 0 fully saturated rings. The Balaban J connectivity index is 2.08. The molecule has 1 aromatic carbocycles. The molecule has 82 valence electrons. The summed E-state index contributed by atoms with van der Waals surface area (Å²) in [4.78, 5) is 0. The van der Waals surface area contributed by atoms with Gasteiger partial charge in [0, 0.05) is 24.2 Å². The fourth-order valence-electron chi connectivity index (χ4n) is 1.96. The maximum Gasteiger partial charge on any atom is 0.171 e. The molecule has 1 N–H and O–H groups in total. The molecule has 4 heteroatoms. The van der Waals surface area contributed by atoms with Crippen LogP contribution in [-0.2, 0) is 13.1 Å². The third-order valence-corrected chi connectivity index (χ3v) is 2.80. The van der Waals surface area contributed by atoms with Crippen LogP contribution >= 0.6 is 0 Å². The van der Waals surface area contributed by atoms with E-state index in [0.29, 0.717) is 0 Å². The summed E-state index contributed by atoms with van der Waals surface area (Å²) in [6.45, 7) is 1.62. The van der Waals surface area contributed by atoms with Crippen LogP contribution in [0.25, 0.3) is 11.3 Å². The minimum absolute atomic E-state index is 0.794. The first-order chi connectivity index (χ1) is 7.88. The van der Waals surface area contributed by atoms with Crippen molar-refractivity contribution in [1.29, 1.82) is 0 Å². The number of nitrogens with one attached hydrogen (secondary N) is 1. The highest BCUT2D eigenvalue weighted by molar-refractivity contribution is 5.64. The number of methoxy groups -OCH3 is 1. The number of aromatic nitrogens is 1. The Morgan fingerprint density at radius 3 is 3.19 bits per heavy atom. The Morgan fingerprint density at radius 1 is 1.38 bits per heavy atom. The van der Waals surface area contributed by atoms with Gasteiger partial charge in [0.1, 0.15) is 11.4 Å². The average Bonchev–Trinajstić information content (AvgIpc) is 2.90. The maximum absolute atomic E-state index is 5.38. The molecule has 1 aromatic heterocycles. The molecule has 0 amide bonds. The first-order valence-electron chi connectivity index (χ1n) is 5.21. The van der Waals surface area contributed by atoms with Crippen LogP contribution in [0.15, 0.2) is 28.8 Å². The molecule has 0 saturated heterocycles. The van der Waals surface area contributed by atoms with Gasteiger partial charge in [-0.2, -0.15) is 0 Å². The van der Waals surface area contributed by atoms with Gasteiger partial charge in [-0.3, -0.25) is 0 Å². The van der Waals surface area contributed by atoms with E-state index < -0.39 is 0 Å². The Bertz CT molecular complexity index is 519. The number of benzene rings is 1. The second-order valence-corrected chi connectivity index (χ2v) is 3.77. The van der Waals surface area contributed by atoms with Crippen molar-refractivity contribution in [3.05, 3.63) is 35.5 Å². The first-order valence-corrected chi connectivity index (χ1v) is 5.21. The molecule has 0 bridgehead atoms. The zero-order valence-electron chi connectivity index (χ0n) is 8.99. The van der Waals surface area contributed by atoms with Gasteiger partial charge in [0.15, 0.2) is 5.76 Å². The van der Waals surface area contributed by atoms with Crippen LogP contribution in [0.3, 0.4) is 0 Å². The Labute approximate surface area is 93.2 Å². The predicted octanol–water partition coefficient (Wildman–Crippen LogP) is 1.95. The molecule has 1 aliphatic heterocycles. The third kappa shape index (κ3) is 1.39. The number of ether oxygens (including phenoxy) is 1. The average molecular weight is 216 g/mol. The van der Waals surface area contributed by atoms with Crippen LogP contribution in [0.4, 0.5) is 0 Å². The highest BCUT2D eigenvalue weighted by atomic mass is 16.5. The third-order valence-electron chi connectivity index (χ3n) is 2.80. The van der Waals surface area contributed by atoms with E-state index in [4.69, 9.17) is 9.26 Å². The minimum Gasteiger partial charge on any atom is -0.497 e. The molecule has 2 heterocycles. The monoisotopic (exact) mass is 216 g/mol. The second-order valence-electron chi connectivity index (χ2n) is 3.77. The highest BCUT2D eigenvalue weighted by Crippen LogP contribution is 2.30. The quantitative estimate of drug-likeness (QED) is 0.833. The lowest BCUT2D eigenvalue weighted by molar-refractivity contribution is 0.410. The molecule has 0 radical (unpaired) electrons. The minimum atomic E-state index is 0.794. The molecule has 1 aliphatic rings. The Kier molecular flexibility index (Phi) is 2.15. The molecule has 0 spiro atoms. The van der Waals surface area contributed by atoms with Crippen molar-refractivity contribution in [2.45, 2.75) is 13.1 Å². The molecular formula is C12H12N2O2. The van der Waals surface area contributed by atoms with Gasteiger partial charge in [-0.15, -0.1) is 0 Å². The SMILES string of the molecule is COc1cccc(-c2onc3c2CNC3)c1. The van der Waals surface area contributed by atoms with Gasteiger partial charge in [-0.25, -0.2) is 0 Å². The smallest absolute Gasteiger partial charge is 0.171 e. The van der Waals surface area contributed by atoms with E-state index in [9.17, 15) is 0 Å². The van der Waals surface area contributed by atoms with Crippen molar-refractivity contribution >= 4 is 0 Å². The zero-order valence-corrected chi connectivity index (χ0v) is 8.99. The lowest BCUT2D eigenvalue weighted by Crippen LogP contribution is -2.01. The summed E-state index contributed by atoms with van der Waals surface area (Å²) in [5.74, 6) is 1.67. The fourth-order valence-corrected chi connectivity index (χ4v) is 1.96. The fraction of sp³-hybridized carbons (Fsp3) is 0.250. The van der Waals surface area contributed by atoms with Crippen molar-refractivity contribution in [3.8, 4) is 17.1 Å². The predicted molar refractivity (Wildman–Crippen MR) is 59.0 cm³/mol. The van der Waals surface area contributed by atoms with Gasteiger partial charge in [0.25, 0.3) is 0 Å². The summed E-state index contributed by atoms with van der Waals surface area (Å²) < 4.78 is 10.6. The lowest BCUT2D eigenvalue weighted by Gasteiger charge is -2.02. The van der Waals surface area contributed by atoms with Crippen LogP contribution < -0.4 is 10.1 Å². The largest absolute Gasteiger partial charge is 0.497 e. The van der Waals surface area contributed by atoms with E-state index >= 15 is 0 Å². The normalized spacial score (nSPS) is 13.8. The number of rotatable bonds is 2. The molecule has 0 saturated carbocycles. The standard InChI is InChI=1S/C12H12N2O2/c1-15-9-4-2-3-8(5-9)12-10-6-13-7-11(10)14-16-12/h2-5,13H,6-7H2,1H3. The summed E-state index contributed by atoms with van der Waals surface area (Å²) in [5.41, 5.74) is 3.18. The van der Waals surface area contributed by atoms with Crippen molar-refractivity contribution in [3.63, 3.8) is 0 Å². The zero-order chi connectivity index (χ0) is 11.0. The highest BCUT2D eigenvalue weighted by Gasteiger charge is 2.21. The van der Waals surface area contributed by atoms with Gasteiger partial charge in [0.05, 0.1) is 7.11 Å². The Morgan fingerprint density at radius 2 is 2.31 bits per heavy atom. The number of hydrogen-bond acceptors (Lipinski definition) is 4. The van der Waals surface area contributed by atoms with Crippen molar-refractivity contribution in [2.24, 2.45) is 0 Å². The van der Waals surface area contributed by atoms with Gasteiger partial charge >= 0.3 is 0 Å². The van der Waals surface area contributed by atoms with Crippen molar-refractivity contribution in [2.75, 3.05) is 7.11 Å². The molecule has 16 heavy (non-hydrogen) atoms. The molecule has 0 atom stereocenters. The molecule has 0 aliphatic carbocycles. The molecule has 4 nitrogen and oxygen atoms in total. The van der Waals surface area contributed by atoms with E-state index in [0.717, 1.165) is 41.4 Å². The summed E-state index contributed by atoms with van der Waals surface area (Å²) in [6.07, 6.45) is 0. The van der Waals surface area contributed by atoms with E-state index in [1.807, 2.05) is 24.3 Å². The van der Waals surface area contributed by atoms with Crippen LogP contribution in [0.2, 0.25) is 0 Å². The summed E-state index contributed by atoms with van der Waals surface area (Å²) in [7, 11) is 1.66. The summed E-state index contributed by atoms with van der Waals surface area (Å²) in [5, 5.41) is 7.30. The van der Waals surface area contributed by atoms with Crippen molar-refractivity contribution in [1.82, 2.24) is 10.5 Å². The van der Waals surface area contributed by atoms with Crippen LogP contribution in [-0.4, -0.2) is 12.3 Å².